The van der Waals surface area contributed by atoms with Gasteiger partial charge in [0.2, 0.25) is 0 Å². The van der Waals surface area contributed by atoms with E-state index in [1.54, 1.807) is 0 Å². The third-order valence-corrected chi connectivity index (χ3v) is 3.13. The minimum Gasteiger partial charge on any atom is -0.376 e. The van der Waals surface area contributed by atoms with Crippen LogP contribution in [0.5, 0.6) is 0 Å². The molecule has 2 heterocycles. The summed E-state index contributed by atoms with van der Waals surface area (Å²) in [6.45, 7) is 2.71. The maximum atomic E-state index is 13.3. The SMILES string of the molecule is C[C@H](NC(=O)NCc1ncccc1F)[C@H]1CCCO1. The molecule has 0 saturated carbocycles. The second-order valence-electron chi connectivity index (χ2n) is 4.60. The molecule has 2 N–H and O–H groups in total. The molecule has 5 nitrogen and oxygen atoms in total. The number of urea groups is 1. The quantitative estimate of drug-likeness (QED) is 0.870. The van der Waals surface area contributed by atoms with E-state index in [4.69, 9.17) is 4.74 Å². The third kappa shape index (κ3) is 3.89. The number of carbonyl (C=O) groups excluding carboxylic acids is 1. The molecule has 6 heteroatoms. The minimum atomic E-state index is -0.421. The monoisotopic (exact) mass is 267 g/mol. The van der Waals surface area contributed by atoms with Crippen molar-refractivity contribution in [1.29, 1.82) is 0 Å². The van der Waals surface area contributed by atoms with Crippen molar-refractivity contribution in [3.8, 4) is 0 Å². The van der Waals surface area contributed by atoms with E-state index in [1.807, 2.05) is 6.92 Å². The maximum Gasteiger partial charge on any atom is 0.315 e. The van der Waals surface area contributed by atoms with E-state index in [0.29, 0.717) is 0 Å². The number of amides is 2. The van der Waals surface area contributed by atoms with Gasteiger partial charge < -0.3 is 15.4 Å². The summed E-state index contributed by atoms with van der Waals surface area (Å²) in [6.07, 6.45) is 3.54. The van der Waals surface area contributed by atoms with Gasteiger partial charge in [0.05, 0.1) is 24.4 Å². The molecule has 1 aromatic heterocycles. The summed E-state index contributed by atoms with van der Waals surface area (Å²) in [5.74, 6) is -0.421. The molecule has 1 saturated heterocycles. The maximum absolute atomic E-state index is 13.3. The summed E-state index contributed by atoms with van der Waals surface area (Å²) >= 11 is 0. The van der Waals surface area contributed by atoms with Gasteiger partial charge in [-0.25, -0.2) is 9.18 Å². The first kappa shape index (κ1) is 13.7. The number of pyridine rings is 1. The van der Waals surface area contributed by atoms with Crippen molar-refractivity contribution in [2.45, 2.75) is 38.5 Å². The number of halogens is 1. The molecular weight excluding hydrogens is 249 g/mol. The molecule has 0 aliphatic carbocycles. The zero-order valence-corrected chi connectivity index (χ0v) is 10.9. The van der Waals surface area contributed by atoms with E-state index in [2.05, 4.69) is 15.6 Å². The first-order valence-corrected chi connectivity index (χ1v) is 6.42. The lowest BCUT2D eigenvalue weighted by Gasteiger charge is -2.20. The van der Waals surface area contributed by atoms with Crippen molar-refractivity contribution in [3.63, 3.8) is 0 Å². The van der Waals surface area contributed by atoms with Crippen LogP contribution >= 0.6 is 0 Å². The van der Waals surface area contributed by atoms with Crippen LogP contribution in [0.3, 0.4) is 0 Å². The number of nitrogens with zero attached hydrogens (tertiary/aromatic N) is 1. The third-order valence-electron chi connectivity index (χ3n) is 3.13. The average molecular weight is 267 g/mol. The Bertz CT molecular complexity index is 436. The van der Waals surface area contributed by atoms with Crippen LogP contribution in [-0.4, -0.2) is 29.8 Å². The van der Waals surface area contributed by atoms with Crippen molar-refractivity contribution >= 4 is 6.03 Å². The number of hydrogen-bond donors (Lipinski definition) is 2. The number of rotatable bonds is 4. The highest BCUT2D eigenvalue weighted by atomic mass is 19.1. The van der Waals surface area contributed by atoms with Crippen LogP contribution in [0, 0.1) is 5.82 Å². The van der Waals surface area contributed by atoms with Crippen LogP contribution < -0.4 is 10.6 Å². The Morgan fingerprint density at radius 1 is 1.68 bits per heavy atom. The highest BCUT2D eigenvalue weighted by molar-refractivity contribution is 5.74. The topological polar surface area (TPSA) is 63.2 Å². The van der Waals surface area contributed by atoms with Crippen LogP contribution in [0.1, 0.15) is 25.5 Å². The first-order chi connectivity index (χ1) is 9.16. The molecule has 2 atom stereocenters. The molecule has 1 aliphatic heterocycles. The second kappa shape index (κ2) is 6.47. The fraction of sp³-hybridized carbons (Fsp3) is 0.538. The Labute approximate surface area is 111 Å². The smallest absolute Gasteiger partial charge is 0.315 e. The highest BCUT2D eigenvalue weighted by Crippen LogP contribution is 2.15. The van der Waals surface area contributed by atoms with E-state index >= 15 is 0 Å². The number of carbonyl (C=O) groups is 1. The van der Waals surface area contributed by atoms with E-state index in [-0.39, 0.29) is 30.4 Å². The first-order valence-electron chi connectivity index (χ1n) is 6.42. The van der Waals surface area contributed by atoms with Crippen molar-refractivity contribution in [2.24, 2.45) is 0 Å². The lowest BCUT2D eigenvalue weighted by atomic mass is 10.1. The second-order valence-corrected chi connectivity index (χ2v) is 4.60. The lowest BCUT2D eigenvalue weighted by molar-refractivity contribution is 0.0860. The fourth-order valence-corrected chi connectivity index (χ4v) is 2.06. The standard InChI is InChI=1S/C13H18FN3O2/c1-9(12-5-3-7-19-12)17-13(18)16-8-11-10(14)4-2-6-15-11/h2,4,6,9,12H,3,5,7-8H2,1H3,(H2,16,17,18)/t9-,12+/m0/s1. The molecule has 0 unspecified atom stereocenters. The molecule has 0 spiro atoms. The Morgan fingerprint density at radius 2 is 2.53 bits per heavy atom. The molecule has 104 valence electrons. The van der Waals surface area contributed by atoms with Crippen LogP contribution in [0.2, 0.25) is 0 Å². The van der Waals surface area contributed by atoms with Crippen molar-refractivity contribution in [3.05, 3.63) is 29.8 Å². The molecule has 1 aromatic rings. The van der Waals surface area contributed by atoms with Gasteiger partial charge >= 0.3 is 6.03 Å². The molecule has 2 rings (SSSR count). The number of aromatic nitrogens is 1. The molecule has 19 heavy (non-hydrogen) atoms. The Kier molecular flexibility index (Phi) is 4.68. The summed E-state index contributed by atoms with van der Waals surface area (Å²) in [4.78, 5) is 15.5. The van der Waals surface area contributed by atoms with E-state index in [1.165, 1.54) is 18.3 Å². The average Bonchev–Trinajstić information content (AvgIpc) is 2.91. The van der Waals surface area contributed by atoms with E-state index in [9.17, 15) is 9.18 Å². The summed E-state index contributed by atoms with van der Waals surface area (Å²) < 4.78 is 18.8. The van der Waals surface area contributed by atoms with Gasteiger partial charge in [0.1, 0.15) is 5.82 Å². The van der Waals surface area contributed by atoms with Gasteiger partial charge in [0, 0.05) is 12.8 Å². The van der Waals surface area contributed by atoms with E-state index in [0.717, 1.165) is 19.4 Å². The summed E-state index contributed by atoms with van der Waals surface area (Å²) in [5, 5.41) is 5.37. The van der Waals surface area contributed by atoms with Crippen molar-refractivity contribution < 1.29 is 13.9 Å². The van der Waals surface area contributed by atoms with Gasteiger partial charge in [-0.2, -0.15) is 0 Å². The normalized spacial score (nSPS) is 20.0. The van der Waals surface area contributed by atoms with Crippen LogP contribution in [-0.2, 0) is 11.3 Å². The molecule has 1 aliphatic rings. The number of ether oxygens (including phenoxy) is 1. The predicted octanol–water partition coefficient (Wildman–Crippen LogP) is 1.59. The molecule has 2 amide bonds. The van der Waals surface area contributed by atoms with Gasteiger partial charge in [0.15, 0.2) is 0 Å². The van der Waals surface area contributed by atoms with Crippen molar-refractivity contribution in [2.75, 3.05) is 6.61 Å². The number of hydrogen-bond acceptors (Lipinski definition) is 3. The van der Waals surface area contributed by atoms with Gasteiger partial charge in [-0.1, -0.05) is 0 Å². The zero-order chi connectivity index (χ0) is 13.7. The molecule has 1 fully saturated rings. The lowest BCUT2D eigenvalue weighted by Crippen LogP contribution is -2.45. The Morgan fingerprint density at radius 3 is 3.21 bits per heavy atom. The minimum absolute atomic E-state index is 0.0592. The summed E-state index contributed by atoms with van der Waals surface area (Å²) in [7, 11) is 0. The molecule has 0 aromatic carbocycles. The summed E-state index contributed by atoms with van der Waals surface area (Å²) in [5.41, 5.74) is 0.224. The summed E-state index contributed by atoms with van der Waals surface area (Å²) in [6, 6.07) is 2.43. The van der Waals surface area contributed by atoms with E-state index < -0.39 is 5.82 Å². The predicted molar refractivity (Wildman–Crippen MR) is 68.0 cm³/mol. The van der Waals surface area contributed by atoms with Gasteiger partial charge in [0.25, 0.3) is 0 Å². The van der Waals surface area contributed by atoms with Crippen LogP contribution in [0.15, 0.2) is 18.3 Å². The largest absolute Gasteiger partial charge is 0.376 e. The van der Waals surface area contributed by atoms with Crippen molar-refractivity contribution in [1.82, 2.24) is 15.6 Å². The Hall–Kier alpha value is -1.69. The van der Waals surface area contributed by atoms with Gasteiger partial charge in [-0.05, 0) is 31.9 Å². The molecule has 0 bridgehead atoms. The Balaban J connectivity index is 1.77. The highest BCUT2D eigenvalue weighted by Gasteiger charge is 2.23. The van der Waals surface area contributed by atoms with Gasteiger partial charge in [-0.3, -0.25) is 4.98 Å². The zero-order valence-electron chi connectivity index (χ0n) is 10.9. The van der Waals surface area contributed by atoms with Gasteiger partial charge in [-0.15, -0.1) is 0 Å². The van der Waals surface area contributed by atoms with Crippen LogP contribution in [0.4, 0.5) is 9.18 Å². The molecular formula is C13H18FN3O2. The number of nitrogens with one attached hydrogen (secondary N) is 2. The molecule has 0 radical (unpaired) electrons. The fourth-order valence-electron chi connectivity index (χ4n) is 2.06. The van der Waals surface area contributed by atoms with Crippen LogP contribution in [0.25, 0.3) is 0 Å².